The van der Waals surface area contributed by atoms with Crippen LogP contribution in [0.1, 0.15) is 19.5 Å². The Morgan fingerprint density at radius 1 is 1.18 bits per heavy atom. The average Bonchev–Trinajstić information content (AvgIpc) is 3.24. The predicted octanol–water partition coefficient (Wildman–Crippen LogP) is 5.15. The molecule has 0 radical (unpaired) electrons. The predicted molar refractivity (Wildman–Crippen MR) is 119 cm³/mol. The highest BCUT2D eigenvalue weighted by Crippen LogP contribution is 2.25. The van der Waals surface area contributed by atoms with E-state index in [0.29, 0.717) is 6.61 Å². The van der Waals surface area contributed by atoms with Gasteiger partial charge in [0.15, 0.2) is 5.13 Å². The van der Waals surface area contributed by atoms with Crippen molar-refractivity contribution in [2.75, 3.05) is 37.0 Å². The first-order valence-corrected chi connectivity index (χ1v) is 10.2. The van der Waals surface area contributed by atoms with Crippen LogP contribution < -0.4 is 10.2 Å². The van der Waals surface area contributed by atoms with Crippen molar-refractivity contribution in [2.24, 2.45) is 0 Å². The lowest BCUT2D eigenvalue weighted by Crippen LogP contribution is -2.26. The van der Waals surface area contributed by atoms with Gasteiger partial charge in [0.25, 0.3) is 0 Å². The molecule has 0 unspecified atom stereocenters. The molecule has 0 atom stereocenters. The minimum atomic E-state index is 0.698. The summed E-state index contributed by atoms with van der Waals surface area (Å²) in [5.41, 5.74) is 4.31. The number of likely N-dealkylation sites (N-methyl/N-ethyl adjacent to an activating group) is 1. The van der Waals surface area contributed by atoms with Crippen LogP contribution in [-0.4, -0.2) is 36.8 Å². The number of rotatable bonds is 9. The molecular formula is C22H26N4OS. The lowest BCUT2D eigenvalue weighted by atomic mass is 10.1. The molecule has 0 saturated carbocycles. The van der Waals surface area contributed by atoms with Crippen LogP contribution in [0.15, 0.2) is 60.2 Å². The number of hydrogen-bond acceptors (Lipinski definition) is 6. The summed E-state index contributed by atoms with van der Waals surface area (Å²) in [4.78, 5) is 11.5. The van der Waals surface area contributed by atoms with Crippen molar-refractivity contribution < 1.29 is 4.74 Å². The van der Waals surface area contributed by atoms with E-state index in [1.165, 1.54) is 0 Å². The number of nitrogens with zero attached hydrogens (tertiary/aromatic N) is 3. The number of aromatic nitrogens is 2. The van der Waals surface area contributed by atoms with Gasteiger partial charge in [-0.15, -0.1) is 11.3 Å². The second-order valence-corrected chi connectivity index (χ2v) is 7.19. The van der Waals surface area contributed by atoms with E-state index in [4.69, 9.17) is 9.72 Å². The summed E-state index contributed by atoms with van der Waals surface area (Å²) in [6.07, 6.45) is 3.84. The number of ether oxygens (including phenoxy) is 1. The summed E-state index contributed by atoms with van der Waals surface area (Å²) in [6.45, 7) is 6.64. The quantitative estimate of drug-likeness (QED) is 0.544. The largest absolute Gasteiger partial charge is 0.383 e. The van der Waals surface area contributed by atoms with Gasteiger partial charge in [-0.1, -0.05) is 30.3 Å². The van der Waals surface area contributed by atoms with Gasteiger partial charge in [0.1, 0.15) is 5.82 Å². The van der Waals surface area contributed by atoms with Crippen LogP contribution in [0, 0.1) is 0 Å². The number of methoxy groups -OCH3 is 1. The summed E-state index contributed by atoms with van der Waals surface area (Å²) in [7, 11) is 1.72. The Hall–Kier alpha value is -2.70. The lowest BCUT2D eigenvalue weighted by Gasteiger charge is -2.18. The smallest absolute Gasteiger partial charge is 0.185 e. The third-order valence-corrected chi connectivity index (χ3v) is 5.32. The first-order valence-electron chi connectivity index (χ1n) is 9.36. The Kier molecular flexibility index (Phi) is 7.17. The number of hydrogen-bond donors (Lipinski definition) is 1. The molecule has 0 bridgehead atoms. The molecular weight excluding hydrogens is 368 g/mol. The fraction of sp³-hybridized carbons (Fsp3) is 0.273. The molecule has 3 rings (SSSR count). The molecule has 0 spiro atoms. The number of allylic oxidation sites excluding steroid dienone is 1. The van der Waals surface area contributed by atoms with Gasteiger partial charge in [0.05, 0.1) is 12.3 Å². The molecule has 0 aliphatic heterocycles. The molecule has 5 nitrogen and oxygen atoms in total. The Labute approximate surface area is 170 Å². The van der Waals surface area contributed by atoms with Gasteiger partial charge in [-0.2, -0.15) is 0 Å². The number of pyridine rings is 1. The topological polar surface area (TPSA) is 50.3 Å². The second kappa shape index (κ2) is 10.0. The maximum absolute atomic E-state index is 5.18. The third kappa shape index (κ3) is 5.18. The molecule has 0 amide bonds. The Bertz CT molecular complexity index is 890. The monoisotopic (exact) mass is 394 g/mol. The molecule has 0 fully saturated rings. The van der Waals surface area contributed by atoms with Crippen LogP contribution in [-0.2, 0) is 4.74 Å². The Balaban J connectivity index is 1.64. The maximum Gasteiger partial charge on any atom is 0.185 e. The van der Waals surface area contributed by atoms with Crippen LogP contribution in [0.3, 0.4) is 0 Å². The molecule has 3 aromatic rings. The zero-order chi connectivity index (χ0) is 19.8. The van der Waals surface area contributed by atoms with Crippen molar-refractivity contribution in [1.82, 2.24) is 9.97 Å². The molecule has 0 aliphatic rings. The molecule has 0 saturated heterocycles. The van der Waals surface area contributed by atoms with Crippen molar-refractivity contribution in [3.63, 3.8) is 0 Å². The van der Waals surface area contributed by atoms with E-state index >= 15 is 0 Å². The van der Waals surface area contributed by atoms with Gasteiger partial charge in [-0.3, -0.25) is 0 Å². The van der Waals surface area contributed by atoms with Gasteiger partial charge >= 0.3 is 0 Å². The molecule has 2 heterocycles. The van der Waals surface area contributed by atoms with Crippen molar-refractivity contribution in [2.45, 2.75) is 13.8 Å². The standard InChI is InChI=1S/C22H26N4OS/c1-4-26(12-13-27-3)22-25-20(16-28-22)17(2)14-23-21-11-10-19(15-24-21)18-8-6-5-7-9-18/h5-11,14-16H,4,12-13H2,1-3H3,(H,23,24)/b17-14+. The molecule has 28 heavy (non-hydrogen) atoms. The van der Waals surface area contributed by atoms with Crippen molar-refractivity contribution in [1.29, 1.82) is 0 Å². The van der Waals surface area contributed by atoms with E-state index in [1.807, 2.05) is 36.7 Å². The lowest BCUT2D eigenvalue weighted by molar-refractivity contribution is 0.205. The summed E-state index contributed by atoms with van der Waals surface area (Å²) in [5.74, 6) is 0.810. The zero-order valence-electron chi connectivity index (χ0n) is 16.6. The number of thiazole rings is 1. The highest BCUT2D eigenvalue weighted by atomic mass is 32.1. The highest BCUT2D eigenvalue weighted by molar-refractivity contribution is 7.13. The van der Waals surface area contributed by atoms with Gasteiger partial charge in [-0.25, -0.2) is 9.97 Å². The molecule has 0 aliphatic carbocycles. The van der Waals surface area contributed by atoms with E-state index < -0.39 is 0 Å². The van der Waals surface area contributed by atoms with Crippen LogP contribution in [0.2, 0.25) is 0 Å². The van der Waals surface area contributed by atoms with E-state index in [1.54, 1.807) is 18.4 Å². The van der Waals surface area contributed by atoms with Crippen molar-refractivity contribution >= 4 is 27.9 Å². The van der Waals surface area contributed by atoms with Crippen molar-refractivity contribution in [3.05, 3.63) is 65.9 Å². The first-order chi connectivity index (χ1) is 13.7. The summed E-state index contributed by atoms with van der Waals surface area (Å²) >= 11 is 1.66. The van der Waals surface area contributed by atoms with Gasteiger partial charge < -0.3 is 15.0 Å². The van der Waals surface area contributed by atoms with Gasteiger partial charge in [0, 0.05) is 43.5 Å². The van der Waals surface area contributed by atoms with Gasteiger partial charge in [0.2, 0.25) is 0 Å². The molecule has 1 aromatic carbocycles. The van der Waals surface area contributed by atoms with Crippen LogP contribution in [0.25, 0.3) is 16.7 Å². The van der Waals surface area contributed by atoms with E-state index in [-0.39, 0.29) is 0 Å². The first kappa shape index (κ1) is 20.0. The molecule has 2 aromatic heterocycles. The Morgan fingerprint density at radius 3 is 2.68 bits per heavy atom. The summed E-state index contributed by atoms with van der Waals surface area (Å²) in [5, 5.41) is 6.37. The number of anilines is 2. The fourth-order valence-corrected chi connectivity index (χ4v) is 3.69. The minimum Gasteiger partial charge on any atom is -0.383 e. The summed E-state index contributed by atoms with van der Waals surface area (Å²) in [6, 6.07) is 14.3. The Morgan fingerprint density at radius 2 is 2.00 bits per heavy atom. The fourth-order valence-electron chi connectivity index (χ4n) is 2.72. The average molecular weight is 395 g/mol. The van der Waals surface area contributed by atoms with E-state index in [0.717, 1.165) is 46.4 Å². The summed E-state index contributed by atoms with van der Waals surface area (Å²) < 4.78 is 5.18. The highest BCUT2D eigenvalue weighted by Gasteiger charge is 2.10. The van der Waals surface area contributed by atoms with E-state index in [9.17, 15) is 0 Å². The van der Waals surface area contributed by atoms with Crippen molar-refractivity contribution in [3.8, 4) is 11.1 Å². The van der Waals surface area contributed by atoms with Crippen LogP contribution in [0.5, 0.6) is 0 Å². The van der Waals surface area contributed by atoms with E-state index in [2.05, 4.69) is 52.6 Å². The molecule has 6 heteroatoms. The SMILES string of the molecule is CCN(CCOC)c1nc(/C(C)=C/Nc2ccc(-c3ccccc3)cn2)cs1. The number of nitrogens with one attached hydrogen (secondary N) is 1. The molecule has 1 N–H and O–H groups in total. The maximum atomic E-state index is 5.18. The van der Waals surface area contributed by atoms with Crippen LogP contribution >= 0.6 is 11.3 Å². The molecule has 146 valence electrons. The number of benzene rings is 1. The second-order valence-electron chi connectivity index (χ2n) is 6.36. The van der Waals surface area contributed by atoms with Crippen LogP contribution in [0.4, 0.5) is 10.9 Å². The zero-order valence-corrected chi connectivity index (χ0v) is 17.4. The third-order valence-electron chi connectivity index (χ3n) is 4.42. The normalized spacial score (nSPS) is 11.5. The minimum absolute atomic E-state index is 0.698. The van der Waals surface area contributed by atoms with Gasteiger partial charge in [-0.05, 0) is 37.1 Å².